The summed E-state index contributed by atoms with van der Waals surface area (Å²) in [6.45, 7) is 7.00. The molecular weight excluding hydrogens is 887 g/mol. The lowest BCUT2D eigenvalue weighted by Crippen LogP contribution is -2.60. The first-order valence-corrected chi connectivity index (χ1v) is 24.0. The van der Waals surface area contributed by atoms with Crippen molar-refractivity contribution >= 4 is 41.5 Å². The highest BCUT2D eigenvalue weighted by molar-refractivity contribution is 5.96. The molecule has 2 unspecified atom stereocenters. The zero-order chi connectivity index (χ0) is 50.6. The number of benzene rings is 3. The Hall–Kier alpha value is -6.85. The van der Waals surface area contributed by atoms with E-state index in [2.05, 4.69) is 31.9 Å². The number of hydrogen-bond acceptors (Lipinski definition) is 10. The van der Waals surface area contributed by atoms with E-state index in [-0.39, 0.29) is 55.9 Å². The van der Waals surface area contributed by atoms with Gasteiger partial charge in [0.15, 0.2) is 0 Å². The minimum atomic E-state index is -1.24. The topological polar surface area (TPSA) is 276 Å². The molecule has 1 heterocycles. The summed E-state index contributed by atoms with van der Waals surface area (Å²) in [5.41, 5.74) is 2.52. The van der Waals surface area contributed by atoms with Crippen LogP contribution in [-0.4, -0.2) is 117 Å². The van der Waals surface area contributed by atoms with Gasteiger partial charge in [0.25, 0.3) is 0 Å². The molecule has 7 atom stereocenters. The number of nitrogens with one attached hydrogen (secondary N) is 6. The van der Waals surface area contributed by atoms with Gasteiger partial charge in [0.1, 0.15) is 53.5 Å². The van der Waals surface area contributed by atoms with E-state index < -0.39 is 89.6 Å². The molecule has 1 fully saturated rings. The van der Waals surface area contributed by atoms with Crippen molar-refractivity contribution in [3.8, 4) is 17.2 Å². The Morgan fingerprint density at radius 2 is 1.19 bits per heavy atom. The number of carboxylic acid groups (broad SMARTS) is 1. The van der Waals surface area contributed by atoms with Crippen molar-refractivity contribution in [3.63, 3.8) is 0 Å². The molecule has 10 N–H and O–H groups in total. The van der Waals surface area contributed by atoms with Crippen LogP contribution in [0.3, 0.4) is 0 Å². The molecule has 1 aliphatic heterocycles. The first-order chi connectivity index (χ1) is 32.9. The van der Waals surface area contributed by atoms with Crippen molar-refractivity contribution in [2.24, 2.45) is 11.8 Å². The average Bonchev–Trinajstić information content (AvgIpc) is 3.32. The highest BCUT2D eigenvalue weighted by Crippen LogP contribution is 2.20. The molecule has 0 bridgehead atoms. The average molecular weight is 958 g/mol. The van der Waals surface area contributed by atoms with Gasteiger partial charge in [-0.05, 0) is 129 Å². The predicted octanol–water partition coefficient (Wildman–Crippen LogP) is 4.19. The van der Waals surface area contributed by atoms with Crippen LogP contribution in [0.25, 0.3) is 0 Å². The third-order valence-corrected chi connectivity index (χ3v) is 12.7. The Balaban J connectivity index is 1.71. The van der Waals surface area contributed by atoms with Gasteiger partial charge in [-0.15, -0.1) is 0 Å². The summed E-state index contributed by atoms with van der Waals surface area (Å²) < 4.78 is 0. The number of phenolic OH excluding ortho intramolecular Hbond substituents is 3. The van der Waals surface area contributed by atoms with E-state index in [0.29, 0.717) is 44.9 Å². The molecule has 0 aromatic heterocycles. The Kier molecular flexibility index (Phi) is 21.6. The summed E-state index contributed by atoms with van der Waals surface area (Å²) >= 11 is 0. The van der Waals surface area contributed by atoms with E-state index in [4.69, 9.17) is 0 Å². The van der Waals surface area contributed by atoms with E-state index in [1.165, 1.54) is 36.2 Å². The quantitative estimate of drug-likeness (QED) is 0.0857. The van der Waals surface area contributed by atoms with Crippen LogP contribution < -0.4 is 31.9 Å². The highest BCUT2D eigenvalue weighted by atomic mass is 16.4. The molecule has 69 heavy (non-hydrogen) atoms. The highest BCUT2D eigenvalue weighted by Gasteiger charge is 2.37. The maximum atomic E-state index is 14.8. The minimum absolute atomic E-state index is 0.0383. The zero-order valence-electron chi connectivity index (χ0n) is 40.3. The van der Waals surface area contributed by atoms with E-state index >= 15 is 0 Å². The molecule has 3 aromatic carbocycles. The van der Waals surface area contributed by atoms with Crippen LogP contribution in [0.2, 0.25) is 0 Å². The lowest BCUT2D eigenvalue weighted by Gasteiger charge is -2.33. The van der Waals surface area contributed by atoms with Crippen LogP contribution in [0.15, 0.2) is 72.8 Å². The van der Waals surface area contributed by atoms with Gasteiger partial charge in [0.2, 0.25) is 29.5 Å². The summed E-state index contributed by atoms with van der Waals surface area (Å²) in [4.78, 5) is 98.5. The Morgan fingerprint density at radius 3 is 1.71 bits per heavy atom. The maximum absolute atomic E-state index is 14.8. The predicted molar refractivity (Wildman–Crippen MR) is 259 cm³/mol. The molecule has 1 aliphatic rings. The van der Waals surface area contributed by atoms with Crippen LogP contribution >= 0.6 is 0 Å². The fraction of sp³-hybridized carbons (Fsp3) is 0.510. The number of urea groups is 1. The van der Waals surface area contributed by atoms with E-state index in [9.17, 15) is 54.0 Å². The molecule has 0 saturated carbocycles. The summed E-state index contributed by atoms with van der Waals surface area (Å²) in [7, 11) is 1.47. The van der Waals surface area contributed by atoms with Gasteiger partial charge in [-0.2, -0.15) is 0 Å². The number of aromatic hydroxyl groups is 3. The number of carboxylic acids is 1. The van der Waals surface area contributed by atoms with Crippen LogP contribution in [0.5, 0.6) is 17.2 Å². The number of unbranched alkanes of at least 4 members (excludes halogenated alkanes) is 1. The van der Waals surface area contributed by atoms with Crippen LogP contribution in [0, 0.1) is 11.8 Å². The molecule has 376 valence electrons. The first-order valence-electron chi connectivity index (χ1n) is 24.0. The molecule has 0 aliphatic carbocycles. The summed E-state index contributed by atoms with van der Waals surface area (Å²) in [6, 6.07) is 11.7. The lowest BCUT2D eigenvalue weighted by atomic mass is 9.98. The second kappa shape index (κ2) is 27.2. The standard InChI is InChI=1S/C51H71N7O11/c1-6-32(4)44(50(67)68)57-51(69)55-39-12-9-10-30-52-45(62)40(28-20-34-16-24-37(60)25-17-34)53-47(64)42(13-8-7-11-33-14-22-36(59)23-15-33)58(5)49(66)41(29-21-35-18-26-38(61)27-19-35)54-48(65)43(31(2)3)56-46(39)63/h14-19,22-27,31-32,39-44,59-61H,6-13,20-21,28-30H2,1-5H3,(H,52,62)(H,53,64)(H,54,65)(H,56,63)(H,67,68)(H2,55,57,69)/t32-,39+,40-,41?,42-,43?,44-/m0/s1. The SMILES string of the molecule is CC[C@H](C)[C@H](NC(=O)N[C@@H]1CCCCNC(=O)[C@H](CCc2ccc(O)cc2)NC(=O)[C@H](CCCCc2ccc(O)cc2)N(C)C(=O)C(CCc2ccc(O)cc2)NC(=O)C(C(C)C)NC1=O)C(=O)O. The number of carbonyl (C=O) groups is 7. The first kappa shape index (κ1) is 54.8. The van der Waals surface area contributed by atoms with Crippen LogP contribution in [0.1, 0.15) is 102 Å². The van der Waals surface area contributed by atoms with Crippen LogP contribution in [0.4, 0.5) is 4.79 Å². The summed E-state index contributed by atoms with van der Waals surface area (Å²) in [5, 5.41) is 55.8. The molecule has 7 amide bonds. The van der Waals surface area contributed by atoms with Gasteiger partial charge in [-0.3, -0.25) is 24.0 Å². The molecule has 1 saturated heterocycles. The molecule has 18 heteroatoms. The number of nitrogens with zero attached hydrogens (tertiary/aromatic N) is 1. The smallest absolute Gasteiger partial charge is 0.326 e. The number of rotatable bonds is 17. The molecular formula is C51H71N7O11. The van der Waals surface area contributed by atoms with Crippen molar-refractivity contribution in [3.05, 3.63) is 89.5 Å². The number of phenols is 3. The normalized spacial score (nSPS) is 21.0. The number of likely N-dealkylation sites (N-methyl/N-ethyl adjacent to an activating group) is 1. The molecule has 0 radical (unpaired) electrons. The Bertz CT molecular complexity index is 2170. The van der Waals surface area contributed by atoms with E-state index in [1.54, 1.807) is 76.2 Å². The fourth-order valence-electron chi connectivity index (χ4n) is 8.12. The molecule has 18 nitrogen and oxygen atoms in total. The Morgan fingerprint density at radius 1 is 0.667 bits per heavy atom. The number of carbonyl (C=O) groups excluding carboxylic acids is 6. The second-order valence-corrected chi connectivity index (χ2v) is 18.3. The fourth-order valence-corrected chi connectivity index (χ4v) is 8.12. The molecule has 0 spiro atoms. The van der Waals surface area contributed by atoms with Crippen molar-refractivity contribution < 1.29 is 54.0 Å². The lowest BCUT2D eigenvalue weighted by molar-refractivity contribution is -0.143. The molecule has 3 aromatic rings. The molecule has 4 rings (SSSR count). The second-order valence-electron chi connectivity index (χ2n) is 18.3. The number of amides is 7. The van der Waals surface area contributed by atoms with Crippen molar-refractivity contribution in [2.45, 2.75) is 141 Å². The van der Waals surface area contributed by atoms with Crippen molar-refractivity contribution in [2.75, 3.05) is 13.6 Å². The van der Waals surface area contributed by atoms with Gasteiger partial charge >= 0.3 is 12.0 Å². The zero-order valence-corrected chi connectivity index (χ0v) is 40.3. The van der Waals surface area contributed by atoms with Crippen LogP contribution in [-0.2, 0) is 48.0 Å². The monoisotopic (exact) mass is 958 g/mol. The number of aliphatic carboxylic acids is 1. The van der Waals surface area contributed by atoms with Gasteiger partial charge in [0.05, 0.1) is 0 Å². The van der Waals surface area contributed by atoms with Gasteiger partial charge in [0, 0.05) is 13.6 Å². The third-order valence-electron chi connectivity index (χ3n) is 12.7. The third kappa shape index (κ3) is 17.6. The van der Waals surface area contributed by atoms with E-state index in [1.807, 2.05) is 0 Å². The van der Waals surface area contributed by atoms with E-state index in [0.717, 1.165) is 16.7 Å². The van der Waals surface area contributed by atoms with Crippen molar-refractivity contribution in [1.29, 1.82) is 0 Å². The summed E-state index contributed by atoms with van der Waals surface area (Å²) in [6.07, 6.45) is 3.85. The maximum Gasteiger partial charge on any atom is 0.326 e. The number of hydrogen-bond donors (Lipinski definition) is 10. The van der Waals surface area contributed by atoms with Crippen molar-refractivity contribution in [1.82, 2.24) is 36.8 Å². The number of aryl methyl sites for hydroxylation is 3. The largest absolute Gasteiger partial charge is 0.508 e. The van der Waals surface area contributed by atoms with Gasteiger partial charge < -0.3 is 57.2 Å². The summed E-state index contributed by atoms with van der Waals surface area (Å²) in [5.74, 6) is -5.05. The minimum Gasteiger partial charge on any atom is -0.508 e. The Labute approximate surface area is 404 Å². The van der Waals surface area contributed by atoms with Gasteiger partial charge in [-0.1, -0.05) is 76.9 Å². The van der Waals surface area contributed by atoms with Gasteiger partial charge in [-0.25, -0.2) is 9.59 Å².